The quantitative estimate of drug-likeness (QED) is 0.685. The van der Waals surface area contributed by atoms with E-state index in [2.05, 4.69) is 40.4 Å². The van der Waals surface area contributed by atoms with Crippen LogP contribution in [0.4, 0.5) is 4.39 Å². The molecule has 2 aliphatic heterocycles. The Kier molecular flexibility index (Phi) is 4.24. The molecule has 3 aromatic rings. The standard InChI is InChI=1S/C22H22FN3O/c23-17-10-8-15(9-11-17)13-21-24-22(25-27-21)18-14-20(16-5-2-1-3-6-16)26-12-4-7-19(18)26/h1-3,5-6,8-11,18-20H,4,7,12-14H2/t18-,19+,20-/m0/s1. The van der Waals surface area contributed by atoms with Crippen molar-refractivity contribution in [1.29, 1.82) is 0 Å². The van der Waals surface area contributed by atoms with Crippen LogP contribution in [-0.2, 0) is 6.42 Å². The Morgan fingerprint density at radius 2 is 1.89 bits per heavy atom. The van der Waals surface area contributed by atoms with Crippen LogP contribution in [0.5, 0.6) is 0 Å². The molecule has 0 N–H and O–H groups in total. The molecule has 0 saturated carbocycles. The third-order valence-electron chi connectivity index (χ3n) is 5.95. The van der Waals surface area contributed by atoms with Crippen molar-refractivity contribution < 1.29 is 8.91 Å². The molecule has 2 fully saturated rings. The van der Waals surface area contributed by atoms with Gasteiger partial charge in [0.25, 0.3) is 0 Å². The predicted octanol–water partition coefficient (Wildman–Crippen LogP) is 4.49. The van der Waals surface area contributed by atoms with Gasteiger partial charge in [-0.15, -0.1) is 0 Å². The summed E-state index contributed by atoms with van der Waals surface area (Å²) in [7, 11) is 0. The minimum absolute atomic E-state index is 0.232. The summed E-state index contributed by atoms with van der Waals surface area (Å²) in [6, 6.07) is 18.1. The summed E-state index contributed by atoms with van der Waals surface area (Å²) < 4.78 is 18.6. The second-order valence-electron chi connectivity index (χ2n) is 7.57. The summed E-state index contributed by atoms with van der Waals surface area (Å²) in [6.45, 7) is 1.14. The molecule has 0 unspecified atom stereocenters. The zero-order valence-electron chi connectivity index (χ0n) is 15.1. The van der Waals surface area contributed by atoms with Crippen molar-refractivity contribution in [2.75, 3.05) is 6.54 Å². The van der Waals surface area contributed by atoms with Crippen LogP contribution >= 0.6 is 0 Å². The first-order valence-corrected chi connectivity index (χ1v) is 9.65. The van der Waals surface area contributed by atoms with Crippen molar-refractivity contribution >= 4 is 0 Å². The van der Waals surface area contributed by atoms with Crippen molar-refractivity contribution in [1.82, 2.24) is 15.0 Å². The summed E-state index contributed by atoms with van der Waals surface area (Å²) >= 11 is 0. The van der Waals surface area contributed by atoms with Crippen LogP contribution in [0.25, 0.3) is 0 Å². The van der Waals surface area contributed by atoms with Crippen molar-refractivity contribution in [3.63, 3.8) is 0 Å². The van der Waals surface area contributed by atoms with Gasteiger partial charge in [0, 0.05) is 18.0 Å². The topological polar surface area (TPSA) is 42.2 Å². The Bertz CT molecular complexity index is 909. The highest BCUT2D eigenvalue weighted by Crippen LogP contribution is 2.48. The molecule has 0 aliphatic carbocycles. The molecule has 2 aromatic carbocycles. The Morgan fingerprint density at radius 1 is 1.07 bits per heavy atom. The van der Waals surface area contributed by atoms with E-state index >= 15 is 0 Å². The zero-order chi connectivity index (χ0) is 18.2. The van der Waals surface area contributed by atoms with Gasteiger partial charge in [0.05, 0.1) is 6.42 Å². The van der Waals surface area contributed by atoms with E-state index < -0.39 is 0 Å². The molecule has 138 valence electrons. The second kappa shape index (κ2) is 6.89. The van der Waals surface area contributed by atoms with Gasteiger partial charge in [-0.2, -0.15) is 4.98 Å². The summed E-state index contributed by atoms with van der Waals surface area (Å²) in [5, 5.41) is 4.31. The third kappa shape index (κ3) is 3.16. The number of rotatable bonds is 4. The molecule has 4 nitrogen and oxygen atoms in total. The van der Waals surface area contributed by atoms with Crippen molar-refractivity contribution in [3.8, 4) is 0 Å². The highest BCUT2D eigenvalue weighted by atomic mass is 19.1. The van der Waals surface area contributed by atoms with Crippen molar-refractivity contribution in [2.45, 2.75) is 43.7 Å². The first kappa shape index (κ1) is 16.6. The molecule has 27 heavy (non-hydrogen) atoms. The number of benzene rings is 2. The fourth-order valence-electron chi connectivity index (χ4n) is 4.71. The highest BCUT2D eigenvalue weighted by molar-refractivity contribution is 5.25. The minimum Gasteiger partial charge on any atom is -0.339 e. The maximum atomic E-state index is 13.1. The Labute approximate surface area is 158 Å². The van der Waals surface area contributed by atoms with Gasteiger partial charge in [0.1, 0.15) is 5.82 Å². The number of hydrogen-bond acceptors (Lipinski definition) is 4. The fourth-order valence-corrected chi connectivity index (χ4v) is 4.71. The van der Waals surface area contributed by atoms with E-state index in [-0.39, 0.29) is 5.82 Å². The van der Waals surface area contributed by atoms with Gasteiger partial charge < -0.3 is 4.52 Å². The zero-order valence-corrected chi connectivity index (χ0v) is 15.1. The van der Waals surface area contributed by atoms with Crippen LogP contribution in [0, 0.1) is 5.82 Å². The fraction of sp³-hybridized carbons (Fsp3) is 0.364. The Balaban J connectivity index is 1.37. The van der Waals surface area contributed by atoms with E-state index in [0.717, 1.165) is 24.4 Å². The van der Waals surface area contributed by atoms with Crippen LogP contribution in [0.3, 0.4) is 0 Å². The molecule has 0 radical (unpaired) electrons. The van der Waals surface area contributed by atoms with E-state index in [4.69, 9.17) is 9.51 Å². The van der Waals surface area contributed by atoms with E-state index in [1.54, 1.807) is 12.1 Å². The summed E-state index contributed by atoms with van der Waals surface area (Å²) in [5.41, 5.74) is 2.35. The molecule has 1 aromatic heterocycles. The highest BCUT2D eigenvalue weighted by Gasteiger charge is 2.46. The molecule has 2 aliphatic rings. The lowest BCUT2D eigenvalue weighted by atomic mass is 9.94. The van der Waals surface area contributed by atoms with Crippen LogP contribution < -0.4 is 0 Å². The largest absolute Gasteiger partial charge is 0.339 e. The van der Waals surface area contributed by atoms with E-state index in [1.807, 2.05) is 0 Å². The van der Waals surface area contributed by atoms with Crippen LogP contribution in [-0.4, -0.2) is 27.6 Å². The SMILES string of the molecule is Fc1ccc(Cc2nc([C@H]3C[C@@H](c4ccccc4)N4CCC[C@H]34)no2)cc1. The molecule has 5 rings (SSSR count). The van der Waals surface area contributed by atoms with Crippen LogP contribution in [0.2, 0.25) is 0 Å². The van der Waals surface area contributed by atoms with Gasteiger partial charge in [-0.3, -0.25) is 4.90 Å². The lowest BCUT2D eigenvalue weighted by Gasteiger charge is -2.24. The monoisotopic (exact) mass is 363 g/mol. The normalized spacial score (nSPS) is 25.0. The number of hydrogen-bond donors (Lipinski definition) is 0. The molecular weight excluding hydrogens is 341 g/mol. The smallest absolute Gasteiger partial charge is 0.231 e. The molecular formula is C22H22FN3O. The molecule has 3 heterocycles. The van der Waals surface area contributed by atoms with Gasteiger partial charge in [0.15, 0.2) is 5.82 Å². The van der Waals surface area contributed by atoms with Gasteiger partial charge in [-0.25, -0.2) is 4.39 Å². The van der Waals surface area contributed by atoms with E-state index in [9.17, 15) is 4.39 Å². The Hall–Kier alpha value is -2.53. The summed E-state index contributed by atoms with van der Waals surface area (Å²) in [6.07, 6.45) is 3.99. The van der Waals surface area contributed by atoms with Gasteiger partial charge >= 0.3 is 0 Å². The number of nitrogens with zero attached hydrogens (tertiary/aromatic N) is 3. The predicted molar refractivity (Wildman–Crippen MR) is 99.8 cm³/mol. The number of halogens is 1. The average molecular weight is 363 g/mol. The molecule has 5 heteroatoms. The Morgan fingerprint density at radius 3 is 2.70 bits per heavy atom. The van der Waals surface area contributed by atoms with Crippen LogP contribution in [0.1, 0.15) is 54.1 Å². The minimum atomic E-state index is -0.232. The second-order valence-corrected chi connectivity index (χ2v) is 7.57. The van der Waals surface area contributed by atoms with Crippen molar-refractivity contribution in [3.05, 3.63) is 83.3 Å². The van der Waals surface area contributed by atoms with E-state index in [1.165, 1.54) is 30.5 Å². The van der Waals surface area contributed by atoms with Crippen molar-refractivity contribution in [2.24, 2.45) is 0 Å². The first-order valence-electron chi connectivity index (χ1n) is 9.65. The molecule has 0 spiro atoms. The lowest BCUT2D eigenvalue weighted by molar-refractivity contribution is 0.243. The maximum absolute atomic E-state index is 13.1. The molecule has 0 amide bonds. The molecule has 2 saturated heterocycles. The number of fused-ring (bicyclic) bond motifs is 1. The third-order valence-corrected chi connectivity index (χ3v) is 5.95. The first-order chi connectivity index (χ1) is 13.3. The van der Waals surface area contributed by atoms with Crippen LogP contribution in [0.15, 0.2) is 59.1 Å². The molecule has 0 bridgehead atoms. The van der Waals surface area contributed by atoms with E-state index in [0.29, 0.717) is 30.3 Å². The van der Waals surface area contributed by atoms with Gasteiger partial charge in [0.2, 0.25) is 5.89 Å². The number of aromatic nitrogens is 2. The average Bonchev–Trinajstić information content (AvgIpc) is 3.41. The summed E-state index contributed by atoms with van der Waals surface area (Å²) in [5.74, 6) is 1.50. The van der Waals surface area contributed by atoms with Gasteiger partial charge in [-0.05, 0) is 49.1 Å². The summed E-state index contributed by atoms with van der Waals surface area (Å²) in [4.78, 5) is 7.32. The lowest BCUT2D eigenvalue weighted by Crippen LogP contribution is -2.27. The molecule has 3 atom stereocenters. The maximum Gasteiger partial charge on any atom is 0.231 e. The van der Waals surface area contributed by atoms with Gasteiger partial charge in [-0.1, -0.05) is 47.6 Å².